The summed E-state index contributed by atoms with van der Waals surface area (Å²) in [4.78, 5) is 0. The predicted octanol–water partition coefficient (Wildman–Crippen LogP) is 1.42. The SMILES string of the molecule is CC(C)(N)C1(CC#N)CC1. The fourth-order valence-electron chi connectivity index (χ4n) is 1.35. The smallest absolute Gasteiger partial charge is 0.0628 e. The summed E-state index contributed by atoms with van der Waals surface area (Å²) in [6.45, 7) is 4.02. The molecule has 1 saturated carbocycles. The molecule has 0 aliphatic heterocycles. The fraction of sp³-hybridized carbons (Fsp3) is 0.875. The van der Waals surface area contributed by atoms with Gasteiger partial charge in [-0.25, -0.2) is 0 Å². The van der Waals surface area contributed by atoms with E-state index in [0.717, 1.165) is 12.8 Å². The highest BCUT2D eigenvalue weighted by Crippen LogP contribution is 2.55. The van der Waals surface area contributed by atoms with Crippen molar-refractivity contribution >= 4 is 0 Å². The van der Waals surface area contributed by atoms with Crippen LogP contribution in [-0.2, 0) is 0 Å². The standard InChI is InChI=1S/C8H14N2/c1-7(2,10)8(3-4-8)5-6-9/h3-5,10H2,1-2H3. The molecule has 0 heterocycles. The van der Waals surface area contributed by atoms with Gasteiger partial charge in [-0.2, -0.15) is 5.26 Å². The van der Waals surface area contributed by atoms with E-state index < -0.39 is 0 Å². The highest BCUT2D eigenvalue weighted by molar-refractivity contribution is 5.10. The highest BCUT2D eigenvalue weighted by atomic mass is 14.8. The van der Waals surface area contributed by atoms with Crippen LogP contribution in [0, 0.1) is 16.7 Å². The van der Waals surface area contributed by atoms with Crippen molar-refractivity contribution in [1.82, 2.24) is 0 Å². The molecule has 0 amide bonds. The van der Waals surface area contributed by atoms with E-state index in [1.165, 1.54) is 0 Å². The summed E-state index contributed by atoms with van der Waals surface area (Å²) >= 11 is 0. The van der Waals surface area contributed by atoms with Crippen LogP contribution in [0.25, 0.3) is 0 Å². The Bertz CT molecular complexity index is 167. The first-order valence-corrected chi connectivity index (χ1v) is 3.68. The van der Waals surface area contributed by atoms with Crippen LogP contribution >= 0.6 is 0 Å². The van der Waals surface area contributed by atoms with Crippen LogP contribution < -0.4 is 5.73 Å². The zero-order chi connectivity index (χ0) is 7.83. The van der Waals surface area contributed by atoms with Crippen molar-refractivity contribution in [3.63, 3.8) is 0 Å². The van der Waals surface area contributed by atoms with Crippen molar-refractivity contribution in [2.45, 2.75) is 38.6 Å². The Balaban J connectivity index is 2.63. The quantitative estimate of drug-likeness (QED) is 0.627. The van der Waals surface area contributed by atoms with E-state index in [0.29, 0.717) is 6.42 Å². The zero-order valence-electron chi connectivity index (χ0n) is 6.65. The van der Waals surface area contributed by atoms with Gasteiger partial charge in [-0.3, -0.25) is 0 Å². The molecule has 0 aromatic carbocycles. The van der Waals surface area contributed by atoms with Gasteiger partial charge in [0, 0.05) is 17.4 Å². The van der Waals surface area contributed by atoms with Crippen LogP contribution in [0.2, 0.25) is 0 Å². The van der Waals surface area contributed by atoms with Gasteiger partial charge in [0.2, 0.25) is 0 Å². The second kappa shape index (κ2) is 1.96. The predicted molar refractivity (Wildman–Crippen MR) is 40.2 cm³/mol. The van der Waals surface area contributed by atoms with Gasteiger partial charge in [0.05, 0.1) is 6.07 Å². The van der Waals surface area contributed by atoms with Crippen LogP contribution in [0.3, 0.4) is 0 Å². The number of nitriles is 1. The van der Waals surface area contributed by atoms with Crippen LogP contribution in [-0.4, -0.2) is 5.54 Å². The Morgan fingerprint density at radius 1 is 1.60 bits per heavy atom. The number of rotatable bonds is 2. The summed E-state index contributed by atoms with van der Waals surface area (Å²) in [7, 11) is 0. The van der Waals surface area contributed by atoms with E-state index in [9.17, 15) is 0 Å². The molecule has 0 saturated heterocycles. The molecule has 0 unspecified atom stereocenters. The van der Waals surface area contributed by atoms with Gasteiger partial charge < -0.3 is 5.73 Å². The van der Waals surface area contributed by atoms with E-state index in [-0.39, 0.29) is 11.0 Å². The molecule has 2 N–H and O–H groups in total. The molecule has 1 aliphatic carbocycles. The largest absolute Gasteiger partial charge is 0.325 e. The fourth-order valence-corrected chi connectivity index (χ4v) is 1.35. The summed E-state index contributed by atoms with van der Waals surface area (Å²) in [5.41, 5.74) is 5.90. The van der Waals surface area contributed by atoms with E-state index in [2.05, 4.69) is 6.07 Å². The summed E-state index contributed by atoms with van der Waals surface area (Å²) in [6.07, 6.45) is 2.88. The first kappa shape index (κ1) is 7.56. The third kappa shape index (κ3) is 1.02. The van der Waals surface area contributed by atoms with Gasteiger partial charge in [-0.1, -0.05) is 0 Å². The maximum absolute atomic E-state index is 8.50. The number of hydrogen-bond donors (Lipinski definition) is 1. The minimum absolute atomic E-state index is 0.155. The molecular formula is C8H14N2. The van der Waals surface area contributed by atoms with E-state index in [1.807, 2.05) is 13.8 Å². The average Bonchev–Trinajstić information content (AvgIpc) is 2.45. The van der Waals surface area contributed by atoms with E-state index >= 15 is 0 Å². The van der Waals surface area contributed by atoms with Crippen LogP contribution in [0.1, 0.15) is 33.1 Å². The van der Waals surface area contributed by atoms with Crippen LogP contribution in [0.4, 0.5) is 0 Å². The van der Waals surface area contributed by atoms with E-state index in [1.54, 1.807) is 0 Å². The summed E-state index contributed by atoms with van der Waals surface area (Å²) in [5, 5.41) is 8.50. The van der Waals surface area contributed by atoms with Crippen molar-refractivity contribution in [2.24, 2.45) is 11.1 Å². The van der Waals surface area contributed by atoms with Gasteiger partial charge in [0.25, 0.3) is 0 Å². The Morgan fingerprint density at radius 2 is 2.10 bits per heavy atom. The number of nitrogens with two attached hydrogens (primary N) is 1. The second-order valence-corrected chi connectivity index (χ2v) is 3.84. The summed E-state index contributed by atoms with van der Waals surface area (Å²) in [6, 6.07) is 2.20. The Kier molecular flexibility index (Phi) is 1.48. The average molecular weight is 138 g/mol. The zero-order valence-corrected chi connectivity index (χ0v) is 6.65. The molecule has 2 heteroatoms. The molecule has 56 valence electrons. The molecule has 0 atom stereocenters. The normalized spacial score (nSPS) is 21.8. The van der Waals surface area contributed by atoms with Crippen LogP contribution in [0.15, 0.2) is 0 Å². The minimum Gasteiger partial charge on any atom is -0.325 e. The Labute approximate surface area is 62.0 Å². The third-order valence-corrected chi connectivity index (χ3v) is 2.64. The lowest BCUT2D eigenvalue weighted by atomic mass is 9.83. The molecule has 1 fully saturated rings. The lowest BCUT2D eigenvalue weighted by Crippen LogP contribution is -2.42. The monoisotopic (exact) mass is 138 g/mol. The van der Waals surface area contributed by atoms with Gasteiger partial charge in [-0.15, -0.1) is 0 Å². The first-order chi connectivity index (χ1) is 4.52. The van der Waals surface area contributed by atoms with Crippen molar-refractivity contribution in [1.29, 1.82) is 5.26 Å². The molecular weight excluding hydrogens is 124 g/mol. The Morgan fingerprint density at radius 3 is 2.20 bits per heavy atom. The minimum atomic E-state index is -0.164. The van der Waals surface area contributed by atoms with Gasteiger partial charge in [-0.05, 0) is 26.7 Å². The van der Waals surface area contributed by atoms with Gasteiger partial charge >= 0.3 is 0 Å². The highest BCUT2D eigenvalue weighted by Gasteiger charge is 2.52. The van der Waals surface area contributed by atoms with Crippen molar-refractivity contribution in [3.8, 4) is 6.07 Å². The molecule has 1 rings (SSSR count). The summed E-state index contributed by atoms with van der Waals surface area (Å²) < 4.78 is 0. The molecule has 2 nitrogen and oxygen atoms in total. The summed E-state index contributed by atoms with van der Waals surface area (Å²) in [5.74, 6) is 0. The molecule has 0 aromatic rings. The van der Waals surface area contributed by atoms with Gasteiger partial charge in [0.1, 0.15) is 0 Å². The van der Waals surface area contributed by atoms with Crippen LogP contribution in [0.5, 0.6) is 0 Å². The number of nitrogens with zero attached hydrogens (tertiary/aromatic N) is 1. The topological polar surface area (TPSA) is 49.8 Å². The Hall–Kier alpha value is -0.550. The molecule has 10 heavy (non-hydrogen) atoms. The molecule has 0 radical (unpaired) electrons. The molecule has 1 aliphatic rings. The number of hydrogen-bond acceptors (Lipinski definition) is 2. The third-order valence-electron chi connectivity index (χ3n) is 2.64. The second-order valence-electron chi connectivity index (χ2n) is 3.84. The lowest BCUT2D eigenvalue weighted by Gasteiger charge is -2.28. The van der Waals surface area contributed by atoms with Gasteiger partial charge in [0.15, 0.2) is 0 Å². The van der Waals surface area contributed by atoms with Crippen molar-refractivity contribution < 1.29 is 0 Å². The maximum atomic E-state index is 8.50. The molecule has 0 aromatic heterocycles. The molecule has 0 bridgehead atoms. The first-order valence-electron chi connectivity index (χ1n) is 3.68. The van der Waals surface area contributed by atoms with Crippen molar-refractivity contribution in [2.75, 3.05) is 0 Å². The lowest BCUT2D eigenvalue weighted by molar-refractivity contribution is 0.300. The maximum Gasteiger partial charge on any atom is 0.0628 e. The van der Waals surface area contributed by atoms with Crippen molar-refractivity contribution in [3.05, 3.63) is 0 Å². The van der Waals surface area contributed by atoms with E-state index in [4.69, 9.17) is 11.0 Å². The molecule has 0 spiro atoms.